The first-order valence-corrected chi connectivity index (χ1v) is 3.82. The van der Waals surface area contributed by atoms with Crippen LogP contribution in [0.4, 0.5) is 11.4 Å². The fraction of sp³-hybridized carbons (Fsp3) is 0.375. The van der Waals surface area contributed by atoms with E-state index in [0.29, 0.717) is 0 Å². The first-order chi connectivity index (χ1) is 5.36. The summed E-state index contributed by atoms with van der Waals surface area (Å²) in [5, 5.41) is 0. The lowest BCUT2D eigenvalue weighted by atomic mass is 10.2. The fourth-order valence-corrected chi connectivity index (χ4v) is 1.19. The minimum Gasteiger partial charge on any atom is -0.397 e. The second-order valence-corrected chi connectivity index (χ2v) is 2.82. The molecule has 1 saturated heterocycles. The molecule has 0 aromatic carbocycles. The maximum atomic E-state index is 5.59. The van der Waals surface area contributed by atoms with Gasteiger partial charge in [-0.2, -0.15) is 0 Å². The molecule has 0 aliphatic carbocycles. The van der Waals surface area contributed by atoms with Crippen molar-refractivity contribution in [1.29, 1.82) is 0 Å². The third kappa shape index (κ3) is 1.13. The molecule has 11 heavy (non-hydrogen) atoms. The summed E-state index contributed by atoms with van der Waals surface area (Å²) in [5.74, 6) is 0. The van der Waals surface area contributed by atoms with Crippen LogP contribution in [0.5, 0.6) is 0 Å². The molecule has 1 fully saturated rings. The van der Waals surface area contributed by atoms with Crippen LogP contribution in [0, 0.1) is 0 Å². The average Bonchev–Trinajstić information content (AvgIpc) is 1.83. The monoisotopic (exact) mass is 149 g/mol. The predicted octanol–water partition coefficient (Wildman–Crippen LogP) is 0.874. The van der Waals surface area contributed by atoms with Gasteiger partial charge in [0.2, 0.25) is 0 Å². The molecule has 0 unspecified atom stereocenters. The molecule has 0 saturated carbocycles. The van der Waals surface area contributed by atoms with Crippen molar-refractivity contribution in [2.24, 2.45) is 0 Å². The van der Waals surface area contributed by atoms with E-state index in [2.05, 4.69) is 9.88 Å². The van der Waals surface area contributed by atoms with Gasteiger partial charge < -0.3 is 10.6 Å². The van der Waals surface area contributed by atoms with E-state index in [1.165, 1.54) is 6.42 Å². The Hall–Kier alpha value is -1.25. The van der Waals surface area contributed by atoms with E-state index in [1.54, 1.807) is 6.20 Å². The lowest BCUT2D eigenvalue weighted by molar-refractivity contribution is 0.617. The zero-order valence-electron chi connectivity index (χ0n) is 6.33. The van der Waals surface area contributed by atoms with E-state index in [0.717, 1.165) is 24.5 Å². The molecule has 3 heteroatoms. The molecule has 1 aliphatic rings. The zero-order valence-corrected chi connectivity index (χ0v) is 6.33. The first kappa shape index (κ1) is 6.46. The SMILES string of the molecule is Nc1cncc(N2CCC2)c1. The van der Waals surface area contributed by atoms with Gasteiger partial charge in [-0.05, 0) is 12.5 Å². The molecule has 0 amide bonds. The molecule has 0 bridgehead atoms. The van der Waals surface area contributed by atoms with Gasteiger partial charge in [0.25, 0.3) is 0 Å². The van der Waals surface area contributed by atoms with Gasteiger partial charge in [0, 0.05) is 19.3 Å². The fourth-order valence-electron chi connectivity index (χ4n) is 1.19. The summed E-state index contributed by atoms with van der Waals surface area (Å²) in [6.45, 7) is 2.29. The highest BCUT2D eigenvalue weighted by atomic mass is 15.2. The number of hydrogen-bond acceptors (Lipinski definition) is 3. The van der Waals surface area contributed by atoms with Crippen LogP contribution in [0.1, 0.15) is 6.42 Å². The van der Waals surface area contributed by atoms with Gasteiger partial charge in [-0.25, -0.2) is 0 Å². The van der Waals surface area contributed by atoms with E-state index >= 15 is 0 Å². The highest BCUT2D eigenvalue weighted by Crippen LogP contribution is 2.20. The molecule has 2 heterocycles. The summed E-state index contributed by atoms with van der Waals surface area (Å²) >= 11 is 0. The van der Waals surface area contributed by atoms with Gasteiger partial charge in [0.05, 0.1) is 17.6 Å². The third-order valence-corrected chi connectivity index (χ3v) is 1.97. The highest BCUT2D eigenvalue weighted by molar-refractivity contribution is 5.54. The predicted molar refractivity (Wildman–Crippen MR) is 45.5 cm³/mol. The van der Waals surface area contributed by atoms with E-state index in [4.69, 9.17) is 5.73 Å². The lowest BCUT2D eigenvalue weighted by Gasteiger charge is -2.32. The smallest absolute Gasteiger partial charge is 0.0573 e. The largest absolute Gasteiger partial charge is 0.397 e. The molecule has 1 aliphatic heterocycles. The van der Waals surface area contributed by atoms with E-state index < -0.39 is 0 Å². The van der Waals surface area contributed by atoms with Crippen LogP contribution in [0.3, 0.4) is 0 Å². The Balaban J connectivity index is 2.23. The van der Waals surface area contributed by atoms with Crippen LogP contribution in [-0.2, 0) is 0 Å². The highest BCUT2D eigenvalue weighted by Gasteiger charge is 2.13. The van der Waals surface area contributed by atoms with Crippen LogP contribution in [0.15, 0.2) is 18.5 Å². The topological polar surface area (TPSA) is 42.1 Å². The number of aromatic nitrogens is 1. The van der Waals surface area contributed by atoms with Gasteiger partial charge >= 0.3 is 0 Å². The van der Waals surface area contributed by atoms with Crippen molar-refractivity contribution in [3.63, 3.8) is 0 Å². The molecule has 2 rings (SSSR count). The Morgan fingerprint density at radius 1 is 1.36 bits per heavy atom. The number of nitrogens with zero attached hydrogens (tertiary/aromatic N) is 2. The summed E-state index contributed by atoms with van der Waals surface area (Å²) in [6, 6.07) is 1.96. The van der Waals surface area contributed by atoms with Crippen molar-refractivity contribution < 1.29 is 0 Å². The van der Waals surface area contributed by atoms with Gasteiger partial charge in [-0.15, -0.1) is 0 Å². The van der Waals surface area contributed by atoms with Crippen molar-refractivity contribution in [1.82, 2.24) is 4.98 Å². The minimum atomic E-state index is 0.745. The lowest BCUT2D eigenvalue weighted by Crippen LogP contribution is -2.37. The quantitative estimate of drug-likeness (QED) is 0.644. The standard InChI is InChI=1S/C8H11N3/c9-7-4-8(6-10-5-7)11-2-1-3-11/h4-6H,1-3,9H2. The van der Waals surface area contributed by atoms with Crippen LogP contribution < -0.4 is 10.6 Å². The Morgan fingerprint density at radius 3 is 2.73 bits per heavy atom. The average molecular weight is 149 g/mol. The van der Waals surface area contributed by atoms with Crippen molar-refractivity contribution in [2.45, 2.75) is 6.42 Å². The third-order valence-electron chi connectivity index (χ3n) is 1.97. The van der Waals surface area contributed by atoms with Crippen molar-refractivity contribution in [3.8, 4) is 0 Å². The first-order valence-electron chi connectivity index (χ1n) is 3.82. The minimum absolute atomic E-state index is 0.745. The Morgan fingerprint density at radius 2 is 2.18 bits per heavy atom. The maximum absolute atomic E-state index is 5.59. The van der Waals surface area contributed by atoms with Gasteiger partial charge in [0.15, 0.2) is 0 Å². The summed E-state index contributed by atoms with van der Waals surface area (Å²) in [6.07, 6.45) is 4.81. The van der Waals surface area contributed by atoms with Crippen LogP contribution >= 0.6 is 0 Å². The summed E-state index contributed by atoms with van der Waals surface area (Å²) in [4.78, 5) is 6.29. The van der Waals surface area contributed by atoms with Crippen molar-refractivity contribution in [2.75, 3.05) is 23.7 Å². The summed E-state index contributed by atoms with van der Waals surface area (Å²) < 4.78 is 0. The molecule has 1 aromatic heterocycles. The van der Waals surface area contributed by atoms with Crippen LogP contribution in [0.25, 0.3) is 0 Å². The number of pyridine rings is 1. The molecule has 1 aromatic rings. The number of nitrogens with two attached hydrogens (primary N) is 1. The summed E-state index contributed by atoms with van der Waals surface area (Å²) in [7, 11) is 0. The number of hydrogen-bond donors (Lipinski definition) is 1. The molecule has 3 nitrogen and oxygen atoms in total. The molecule has 0 radical (unpaired) electrons. The summed E-state index contributed by atoms with van der Waals surface area (Å²) in [5.41, 5.74) is 7.48. The van der Waals surface area contributed by atoms with Crippen molar-refractivity contribution >= 4 is 11.4 Å². The van der Waals surface area contributed by atoms with Crippen molar-refractivity contribution in [3.05, 3.63) is 18.5 Å². The molecule has 2 N–H and O–H groups in total. The van der Waals surface area contributed by atoms with Crippen LogP contribution in [-0.4, -0.2) is 18.1 Å². The molecular weight excluding hydrogens is 138 g/mol. The van der Waals surface area contributed by atoms with Gasteiger partial charge in [-0.1, -0.05) is 0 Å². The molecule has 0 spiro atoms. The maximum Gasteiger partial charge on any atom is 0.0573 e. The van der Waals surface area contributed by atoms with E-state index in [9.17, 15) is 0 Å². The van der Waals surface area contributed by atoms with Gasteiger partial charge in [0.1, 0.15) is 0 Å². The molecular formula is C8H11N3. The molecule has 0 atom stereocenters. The van der Waals surface area contributed by atoms with Crippen LogP contribution in [0.2, 0.25) is 0 Å². The Labute approximate surface area is 65.8 Å². The van der Waals surface area contributed by atoms with E-state index in [1.807, 2.05) is 12.3 Å². The number of rotatable bonds is 1. The molecule has 58 valence electrons. The zero-order chi connectivity index (χ0) is 7.68. The second kappa shape index (κ2) is 2.42. The Bertz CT molecular complexity index is 255. The number of anilines is 2. The van der Waals surface area contributed by atoms with E-state index in [-0.39, 0.29) is 0 Å². The normalized spacial score (nSPS) is 16.2. The van der Waals surface area contributed by atoms with Gasteiger partial charge in [-0.3, -0.25) is 4.98 Å². The second-order valence-electron chi connectivity index (χ2n) is 2.82. The Kier molecular flexibility index (Phi) is 1.42. The number of nitrogen functional groups attached to an aromatic ring is 1.